The number of rotatable bonds is 3. The van der Waals surface area contributed by atoms with Crippen LogP contribution in [-0.4, -0.2) is 22.1 Å². The molecule has 0 spiro atoms. The summed E-state index contributed by atoms with van der Waals surface area (Å²) >= 11 is 0. The minimum Gasteiger partial charge on any atom is -0.337 e. The Balaban J connectivity index is 2.11. The maximum Gasteiger partial charge on any atom is 0.0945 e. The summed E-state index contributed by atoms with van der Waals surface area (Å²) < 4.78 is 2.16. The van der Waals surface area contributed by atoms with E-state index in [1.165, 1.54) is 18.5 Å². The molecule has 2 unspecified atom stereocenters. The van der Waals surface area contributed by atoms with Gasteiger partial charge in [-0.3, -0.25) is 0 Å². The lowest BCUT2D eigenvalue weighted by Crippen LogP contribution is -2.28. The van der Waals surface area contributed by atoms with Crippen molar-refractivity contribution in [2.24, 2.45) is 13.0 Å². The molecule has 1 aromatic rings. The number of nitrogens with zero attached hydrogens (tertiary/aromatic N) is 2. The van der Waals surface area contributed by atoms with Gasteiger partial charge >= 0.3 is 0 Å². The molecule has 0 bridgehead atoms. The van der Waals surface area contributed by atoms with Crippen LogP contribution in [0.4, 0.5) is 0 Å². The second-order valence-corrected chi connectivity index (χ2v) is 5.01. The Hall–Kier alpha value is -0.830. The number of hydrogen-bond donors (Lipinski definition) is 1. The van der Waals surface area contributed by atoms with Gasteiger partial charge in [-0.2, -0.15) is 0 Å². The summed E-state index contributed by atoms with van der Waals surface area (Å²) in [4.78, 5) is 4.22. The molecule has 0 aromatic carbocycles. The third-order valence-electron chi connectivity index (χ3n) is 3.31. The molecule has 1 N–H and O–H groups in total. The van der Waals surface area contributed by atoms with Gasteiger partial charge in [0.2, 0.25) is 0 Å². The van der Waals surface area contributed by atoms with Gasteiger partial charge in [-0.25, -0.2) is 4.98 Å². The van der Waals surface area contributed by atoms with Crippen molar-refractivity contribution < 1.29 is 0 Å². The van der Waals surface area contributed by atoms with E-state index in [1.54, 1.807) is 0 Å². The Morgan fingerprint density at radius 2 is 2.40 bits per heavy atom. The molecular formula is C12H21N3. The maximum absolute atomic E-state index is 4.22. The van der Waals surface area contributed by atoms with E-state index in [-0.39, 0.29) is 0 Å². The highest BCUT2D eigenvalue weighted by Gasteiger charge is 2.30. The fourth-order valence-corrected chi connectivity index (χ4v) is 2.60. The Labute approximate surface area is 91.9 Å². The molecule has 1 fully saturated rings. The number of hydrogen-bond acceptors (Lipinski definition) is 2. The van der Waals surface area contributed by atoms with Crippen LogP contribution in [0.25, 0.3) is 0 Å². The molecule has 2 heterocycles. The molecule has 1 saturated heterocycles. The summed E-state index contributed by atoms with van der Waals surface area (Å²) in [6, 6.07) is 0.639. The van der Waals surface area contributed by atoms with Crippen molar-refractivity contribution in [2.75, 3.05) is 6.54 Å². The monoisotopic (exact) mass is 207 g/mol. The van der Waals surface area contributed by atoms with Crippen molar-refractivity contribution in [3.63, 3.8) is 0 Å². The van der Waals surface area contributed by atoms with E-state index in [1.807, 2.05) is 12.5 Å². The average Bonchev–Trinajstić information content (AvgIpc) is 2.73. The topological polar surface area (TPSA) is 29.9 Å². The highest BCUT2D eigenvalue weighted by Crippen LogP contribution is 2.30. The largest absolute Gasteiger partial charge is 0.337 e. The van der Waals surface area contributed by atoms with E-state index in [4.69, 9.17) is 0 Å². The van der Waals surface area contributed by atoms with Crippen molar-refractivity contribution in [1.82, 2.24) is 14.9 Å². The molecule has 0 amide bonds. The van der Waals surface area contributed by atoms with Crippen LogP contribution in [0, 0.1) is 5.92 Å². The molecule has 2 atom stereocenters. The first-order valence-electron chi connectivity index (χ1n) is 5.88. The first kappa shape index (κ1) is 10.7. The normalized spacial score (nSPS) is 26.4. The first-order valence-corrected chi connectivity index (χ1v) is 5.88. The van der Waals surface area contributed by atoms with Gasteiger partial charge in [0.05, 0.1) is 6.33 Å². The molecule has 3 heteroatoms. The highest BCUT2D eigenvalue weighted by atomic mass is 15.0. The molecular weight excluding hydrogens is 186 g/mol. The summed E-state index contributed by atoms with van der Waals surface area (Å²) in [5, 5.41) is 3.61. The van der Waals surface area contributed by atoms with Gasteiger partial charge in [-0.1, -0.05) is 13.8 Å². The molecule has 3 nitrogen and oxygen atoms in total. The van der Waals surface area contributed by atoms with Crippen LogP contribution in [0.5, 0.6) is 0 Å². The molecule has 1 aliphatic rings. The summed E-state index contributed by atoms with van der Waals surface area (Å²) in [6.45, 7) is 5.73. The number of nitrogens with one attached hydrogen (secondary N) is 1. The van der Waals surface area contributed by atoms with Gasteiger partial charge in [0.15, 0.2) is 0 Å². The molecule has 1 aliphatic heterocycles. The summed E-state index contributed by atoms with van der Waals surface area (Å²) in [5.74, 6) is 1.41. The second kappa shape index (κ2) is 4.35. The van der Waals surface area contributed by atoms with E-state index in [2.05, 4.69) is 35.8 Å². The second-order valence-electron chi connectivity index (χ2n) is 5.01. The number of aromatic nitrogens is 2. The SMILES string of the molecule is CC(C)CC1NCCC1c1cncn1C. The molecule has 0 radical (unpaired) electrons. The van der Waals surface area contributed by atoms with Crippen LogP contribution in [0.1, 0.15) is 38.3 Å². The Kier molecular flexibility index (Phi) is 3.10. The lowest BCUT2D eigenvalue weighted by atomic mass is 9.91. The van der Waals surface area contributed by atoms with E-state index in [0.29, 0.717) is 12.0 Å². The first-order chi connectivity index (χ1) is 7.18. The fraction of sp³-hybridized carbons (Fsp3) is 0.750. The third-order valence-corrected chi connectivity index (χ3v) is 3.31. The number of imidazole rings is 1. The minimum absolute atomic E-state index is 0.639. The number of aryl methyl sites for hydroxylation is 1. The van der Waals surface area contributed by atoms with Crippen LogP contribution in [0.15, 0.2) is 12.5 Å². The van der Waals surface area contributed by atoms with Crippen LogP contribution < -0.4 is 5.32 Å². The summed E-state index contributed by atoms with van der Waals surface area (Å²) in [6.07, 6.45) is 6.43. The van der Waals surface area contributed by atoms with Crippen molar-refractivity contribution in [3.05, 3.63) is 18.2 Å². The predicted molar refractivity (Wildman–Crippen MR) is 61.8 cm³/mol. The van der Waals surface area contributed by atoms with E-state index >= 15 is 0 Å². The fourth-order valence-electron chi connectivity index (χ4n) is 2.60. The zero-order valence-corrected chi connectivity index (χ0v) is 9.90. The smallest absolute Gasteiger partial charge is 0.0945 e. The molecule has 15 heavy (non-hydrogen) atoms. The maximum atomic E-state index is 4.22. The molecule has 0 saturated carbocycles. The van der Waals surface area contributed by atoms with E-state index in [0.717, 1.165) is 12.5 Å². The average molecular weight is 207 g/mol. The zero-order valence-electron chi connectivity index (χ0n) is 9.90. The van der Waals surface area contributed by atoms with Gasteiger partial charge < -0.3 is 9.88 Å². The van der Waals surface area contributed by atoms with Crippen molar-refractivity contribution in [3.8, 4) is 0 Å². The zero-order chi connectivity index (χ0) is 10.8. The van der Waals surface area contributed by atoms with Crippen molar-refractivity contribution in [1.29, 1.82) is 0 Å². The van der Waals surface area contributed by atoms with Crippen LogP contribution >= 0.6 is 0 Å². The van der Waals surface area contributed by atoms with Crippen molar-refractivity contribution in [2.45, 2.75) is 38.6 Å². The Morgan fingerprint density at radius 1 is 1.60 bits per heavy atom. The van der Waals surface area contributed by atoms with E-state index < -0.39 is 0 Å². The highest BCUT2D eigenvalue weighted by molar-refractivity contribution is 5.12. The van der Waals surface area contributed by atoms with Crippen LogP contribution in [-0.2, 0) is 7.05 Å². The standard InChI is InChI=1S/C12H21N3/c1-9(2)6-11-10(4-5-14-11)12-7-13-8-15(12)3/h7-11,14H,4-6H2,1-3H3. The molecule has 1 aromatic heterocycles. The Morgan fingerprint density at radius 3 is 3.00 bits per heavy atom. The van der Waals surface area contributed by atoms with Gasteiger partial charge in [0.25, 0.3) is 0 Å². The van der Waals surface area contributed by atoms with Gasteiger partial charge in [0.1, 0.15) is 0 Å². The lowest BCUT2D eigenvalue weighted by molar-refractivity contribution is 0.425. The minimum atomic E-state index is 0.639. The van der Waals surface area contributed by atoms with Gasteiger partial charge in [-0.15, -0.1) is 0 Å². The molecule has 0 aliphatic carbocycles. The quantitative estimate of drug-likeness (QED) is 0.820. The Bertz CT molecular complexity index is 316. The predicted octanol–water partition coefficient (Wildman–Crippen LogP) is 1.91. The summed E-state index contributed by atoms with van der Waals surface area (Å²) in [7, 11) is 2.09. The van der Waals surface area contributed by atoms with E-state index in [9.17, 15) is 0 Å². The summed E-state index contributed by atoms with van der Waals surface area (Å²) in [5.41, 5.74) is 1.38. The van der Waals surface area contributed by atoms with Crippen molar-refractivity contribution >= 4 is 0 Å². The van der Waals surface area contributed by atoms with Gasteiger partial charge in [0, 0.05) is 30.9 Å². The van der Waals surface area contributed by atoms with Crippen LogP contribution in [0.2, 0.25) is 0 Å². The molecule has 2 rings (SSSR count). The van der Waals surface area contributed by atoms with Gasteiger partial charge in [-0.05, 0) is 25.3 Å². The lowest BCUT2D eigenvalue weighted by Gasteiger charge is -2.21. The molecule has 84 valence electrons. The van der Waals surface area contributed by atoms with Crippen LogP contribution in [0.3, 0.4) is 0 Å². The third kappa shape index (κ3) is 2.23.